The van der Waals surface area contributed by atoms with Gasteiger partial charge in [-0.3, -0.25) is 4.79 Å². The van der Waals surface area contributed by atoms with E-state index in [-0.39, 0.29) is 16.8 Å². The molecule has 1 aliphatic heterocycles. The van der Waals surface area contributed by atoms with Crippen molar-refractivity contribution in [1.82, 2.24) is 9.29 Å². The number of rotatable bonds is 5. The quantitative estimate of drug-likeness (QED) is 0.771. The minimum Gasteiger partial charge on any atom is -0.464 e. The third-order valence-electron chi connectivity index (χ3n) is 3.61. The summed E-state index contributed by atoms with van der Waals surface area (Å²) >= 11 is 1.21. The van der Waals surface area contributed by atoms with Crippen molar-refractivity contribution >= 4 is 17.1 Å². The number of carbonyl (C=O) groups excluding carboxylic acids is 1. The predicted molar refractivity (Wildman–Crippen MR) is 90.5 cm³/mol. The molecule has 0 atom stereocenters. The van der Waals surface area contributed by atoms with Crippen LogP contribution in [0.5, 0.6) is 5.95 Å². The molecule has 0 N–H and O–H groups in total. The number of hydrogen-bond donors (Lipinski definition) is 0. The molecule has 0 spiro atoms. The van der Waals surface area contributed by atoms with E-state index in [1.54, 1.807) is 0 Å². The minimum atomic E-state index is -0.124. The Balaban J connectivity index is 1.81. The van der Waals surface area contributed by atoms with E-state index in [9.17, 15) is 4.79 Å². The van der Waals surface area contributed by atoms with Gasteiger partial charge in [-0.2, -0.15) is 0 Å². The summed E-state index contributed by atoms with van der Waals surface area (Å²) in [5.41, 5.74) is 1.09. The molecule has 0 amide bonds. The van der Waals surface area contributed by atoms with E-state index in [0.29, 0.717) is 12.5 Å². The molecule has 6 heteroatoms. The van der Waals surface area contributed by atoms with Gasteiger partial charge >= 0.3 is 5.95 Å². The Morgan fingerprint density at radius 1 is 1.26 bits per heavy atom. The van der Waals surface area contributed by atoms with Gasteiger partial charge in [-0.25, -0.2) is 9.29 Å². The molecular formula is C17H20N2O3S. The van der Waals surface area contributed by atoms with Crippen LogP contribution >= 0.6 is 11.9 Å². The van der Waals surface area contributed by atoms with Crippen LogP contribution in [-0.2, 0) is 0 Å². The second-order valence-electron chi connectivity index (χ2n) is 5.32. The summed E-state index contributed by atoms with van der Waals surface area (Å²) in [7, 11) is 0. The summed E-state index contributed by atoms with van der Waals surface area (Å²) in [5, 5.41) is -0.124. The fraction of sp³-hybridized carbons (Fsp3) is 0.412. The van der Waals surface area contributed by atoms with Crippen molar-refractivity contribution in [3.63, 3.8) is 0 Å². The molecule has 0 saturated carbocycles. The molecule has 1 fully saturated rings. The topological polar surface area (TPSA) is 55.6 Å². The lowest BCUT2D eigenvalue weighted by Gasteiger charge is -2.23. The summed E-state index contributed by atoms with van der Waals surface area (Å²) in [6, 6.07) is 9.53. The first-order chi connectivity index (χ1) is 11.3. The van der Waals surface area contributed by atoms with Crippen LogP contribution in [0.2, 0.25) is 0 Å². The Morgan fingerprint density at radius 3 is 2.70 bits per heavy atom. The van der Waals surface area contributed by atoms with Gasteiger partial charge in [-0.15, -0.1) is 0 Å². The molecule has 2 aromatic rings. The Morgan fingerprint density at radius 2 is 2.00 bits per heavy atom. The molecule has 1 saturated heterocycles. The smallest absolute Gasteiger partial charge is 0.318 e. The number of nitrogens with zero attached hydrogens (tertiary/aromatic N) is 2. The highest BCUT2D eigenvalue weighted by molar-refractivity contribution is 8.12. The molecule has 2 heterocycles. The van der Waals surface area contributed by atoms with Crippen molar-refractivity contribution in [2.24, 2.45) is 0 Å². The van der Waals surface area contributed by atoms with Gasteiger partial charge in [0.2, 0.25) is 11.6 Å². The minimum absolute atomic E-state index is 0.124. The highest BCUT2D eigenvalue weighted by Gasteiger charge is 2.25. The van der Waals surface area contributed by atoms with Gasteiger partial charge < -0.3 is 9.15 Å². The standard InChI is InChI=1S/C17H20N2O3S/c1-2-21-17-14(16(20)23-19-11-7-4-8-12-19)18-15(22-17)13-9-5-3-6-10-13/h3,5-6,9-10H,2,4,7-8,11-12H2,1H3. The van der Waals surface area contributed by atoms with Crippen LogP contribution in [-0.4, -0.2) is 34.1 Å². The monoisotopic (exact) mass is 332 g/mol. The lowest BCUT2D eigenvalue weighted by atomic mass is 10.2. The maximum atomic E-state index is 12.6. The number of carbonyl (C=O) groups is 1. The maximum Gasteiger partial charge on any atom is 0.318 e. The van der Waals surface area contributed by atoms with Crippen LogP contribution in [0, 0.1) is 0 Å². The summed E-state index contributed by atoms with van der Waals surface area (Å²) in [4.78, 5) is 16.9. The van der Waals surface area contributed by atoms with E-state index >= 15 is 0 Å². The number of ether oxygens (including phenoxy) is 1. The molecule has 0 bridgehead atoms. The molecule has 5 nitrogen and oxygen atoms in total. The van der Waals surface area contributed by atoms with Crippen LogP contribution in [0.4, 0.5) is 0 Å². The van der Waals surface area contributed by atoms with Gasteiger partial charge in [-0.05, 0) is 31.9 Å². The molecule has 0 unspecified atom stereocenters. The summed E-state index contributed by atoms with van der Waals surface area (Å²) in [6.07, 6.45) is 3.50. The van der Waals surface area contributed by atoms with Gasteiger partial charge in [0.1, 0.15) is 0 Å². The van der Waals surface area contributed by atoms with E-state index in [1.165, 1.54) is 18.4 Å². The average molecular weight is 332 g/mol. The molecule has 1 aliphatic rings. The molecule has 1 aromatic heterocycles. The van der Waals surface area contributed by atoms with Crippen molar-refractivity contribution in [1.29, 1.82) is 0 Å². The van der Waals surface area contributed by atoms with Crippen molar-refractivity contribution in [3.8, 4) is 17.4 Å². The van der Waals surface area contributed by atoms with Crippen molar-refractivity contribution in [3.05, 3.63) is 36.0 Å². The first kappa shape index (κ1) is 16.1. The molecule has 23 heavy (non-hydrogen) atoms. The van der Waals surface area contributed by atoms with E-state index in [0.717, 1.165) is 31.5 Å². The highest BCUT2D eigenvalue weighted by atomic mass is 32.2. The molecule has 1 aromatic carbocycles. The summed E-state index contributed by atoms with van der Waals surface area (Å²) in [5.74, 6) is 0.623. The van der Waals surface area contributed by atoms with Crippen molar-refractivity contribution in [2.75, 3.05) is 19.7 Å². The van der Waals surface area contributed by atoms with Crippen molar-refractivity contribution in [2.45, 2.75) is 26.2 Å². The third-order valence-corrected chi connectivity index (χ3v) is 4.60. The van der Waals surface area contributed by atoms with E-state index in [1.807, 2.05) is 37.3 Å². The predicted octanol–water partition coefficient (Wildman–Crippen LogP) is 4.01. The number of piperidine rings is 1. The first-order valence-corrected chi connectivity index (χ1v) is 8.71. The van der Waals surface area contributed by atoms with Crippen LogP contribution in [0.3, 0.4) is 0 Å². The van der Waals surface area contributed by atoms with Gasteiger partial charge in [0.05, 0.1) is 6.61 Å². The fourth-order valence-electron chi connectivity index (χ4n) is 2.48. The summed E-state index contributed by atoms with van der Waals surface area (Å²) in [6.45, 7) is 4.16. The molecular weight excluding hydrogens is 312 g/mol. The second-order valence-corrected chi connectivity index (χ2v) is 6.39. The zero-order valence-electron chi connectivity index (χ0n) is 13.2. The second kappa shape index (κ2) is 7.66. The zero-order chi connectivity index (χ0) is 16.1. The van der Waals surface area contributed by atoms with Gasteiger partial charge in [0, 0.05) is 30.6 Å². The molecule has 0 aliphatic carbocycles. The van der Waals surface area contributed by atoms with Crippen LogP contribution < -0.4 is 4.74 Å². The lowest BCUT2D eigenvalue weighted by Crippen LogP contribution is -2.24. The lowest BCUT2D eigenvalue weighted by molar-refractivity contribution is 0.107. The van der Waals surface area contributed by atoms with E-state index in [2.05, 4.69) is 9.29 Å². The Bertz CT molecular complexity index is 651. The number of aromatic nitrogens is 1. The van der Waals surface area contributed by atoms with Gasteiger partial charge in [-0.1, -0.05) is 24.6 Å². The average Bonchev–Trinajstić information content (AvgIpc) is 3.01. The molecule has 0 radical (unpaired) electrons. The molecule has 3 rings (SSSR count). The number of oxazole rings is 1. The normalized spacial score (nSPS) is 15.5. The van der Waals surface area contributed by atoms with Crippen molar-refractivity contribution < 1.29 is 13.9 Å². The fourth-order valence-corrected chi connectivity index (χ4v) is 3.38. The van der Waals surface area contributed by atoms with Crippen LogP contribution in [0.1, 0.15) is 36.7 Å². The van der Waals surface area contributed by atoms with E-state index < -0.39 is 0 Å². The van der Waals surface area contributed by atoms with Gasteiger partial charge in [0.15, 0.2) is 0 Å². The Hall–Kier alpha value is -1.79. The van der Waals surface area contributed by atoms with Crippen LogP contribution in [0.25, 0.3) is 11.5 Å². The molecule has 122 valence electrons. The maximum absolute atomic E-state index is 12.6. The summed E-state index contributed by atoms with van der Waals surface area (Å²) < 4.78 is 13.2. The largest absolute Gasteiger partial charge is 0.464 e. The zero-order valence-corrected chi connectivity index (χ0v) is 14.0. The SMILES string of the molecule is CCOc1oc(-c2ccccc2)nc1C(=O)SN1CCCCC1. The number of hydrogen-bond acceptors (Lipinski definition) is 6. The third kappa shape index (κ3) is 3.95. The van der Waals surface area contributed by atoms with Crippen LogP contribution in [0.15, 0.2) is 34.7 Å². The van der Waals surface area contributed by atoms with Gasteiger partial charge in [0.25, 0.3) is 5.12 Å². The Kier molecular flexibility index (Phi) is 5.35. The Labute approximate surface area is 140 Å². The highest BCUT2D eigenvalue weighted by Crippen LogP contribution is 2.31. The van der Waals surface area contributed by atoms with E-state index in [4.69, 9.17) is 9.15 Å². The first-order valence-electron chi connectivity index (χ1n) is 7.94. The number of benzene rings is 1.